The molecule has 156 valence electrons. The molecule has 3 aromatic rings. The van der Waals surface area contributed by atoms with Crippen molar-refractivity contribution < 1.29 is 14.0 Å². The summed E-state index contributed by atoms with van der Waals surface area (Å²) < 4.78 is 16.9. The number of hydrogen-bond acceptors (Lipinski definition) is 7. The second-order valence-corrected chi connectivity index (χ2v) is 7.04. The van der Waals surface area contributed by atoms with Gasteiger partial charge in [0, 0.05) is 17.7 Å². The number of rotatable bonds is 9. The zero-order valence-corrected chi connectivity index (χ0v) is 17.7. The van der Waals surface area contributed by atoms with Crippen LogP contribution in [0.4, 0.5) is 0 Å². The Bertz CT molecular complexity index is 1040. The first-order chi connectivity index (χ1) is 14.5. The molecular weight excluding hydrogens is 380 g/mol. The molecule has 0 atom stereocenters. The van der Waals surface area contributed by atoms with E-state index >= 15 is 0 Å². The number of benzene rings is 2. The maximum absolute atomic E-state index is 9.45. The van der Waals surface area contributed by atoms with Crippen LogP contribution in [0, 0.1) is 11.3 Å². The number of nitrogens with zero attached hydrogens (tertiary/aromatic N) is 3. The molecule has 0 amide bonds. The first kappa shape index (κ1) is 21.3. The molecule has 0 bridgehead atoms. The fraction of sp³-hybridized carbons (Fsp3) is 0.348. The molecule has 3 rings (SSSR count). The second kappa shape index (κ2) is 9.90. The molecule has 0 radical (unpaired) electrons. The minimum absolute atomic E-state index is 0.0180. The largest absolute Gasteiger partial charge is 0.492 e. The van der Waals surface area contributed by atoms with E-state index in [1.807, 2.05) is 45.2 Å². The van der Waals surface area contributed by atoms with Gasteiger partial charge in [-0.2, -0.15) is 10.2 Å². The Kier molecular flexibility index (Phi) is 7.04. The predicted octanol–water partition coefficient (Wildman–Crippen LogP) is 4.22. The molecule has 0 saturated heterocycles. The number of aromatic nitrogens is 2. The Labute approximate surface area is 176 Å². The number of nitriles is 1. The molecule has 0 aliphatic carbocycles. The Morgan fingerprint density at radius 2 is 2.03 bits per heavy atom. The van der Waals surface area contributed by atoms with Gasteiger partial charge in [-0.05, 0) is 69.3 Å². The van der Waals surface area contributed by atoms with Gasteiger partial charge in [-0.1, -0.05) is 12.1 Å². The predicted molar refractivity (Wildman–Crippen MR) is 114 cm³/mol. The summed E-state index contributed by atoms with van der Waals surface area (Å²) in [6.45, 7) is 7.29. The third kappa shape index (κ3) is 4.97. The second-order valence-electron chi connectivity index (χ2n) is 7.04. The SMILES string of the molecule is CCc1cc(OCCNC)ccc1-c1noc(-c2ccc(OC(C)C)c(C#N)c2)n1. The van der Waals surface area contributed by atoms with Crippen molar-refractivity contribution >= 4 is 0 Å². The first-order valence-electron chi connectivity index (χ1n) is 10.0. The van der Waals surface area contributed by atoms with E-state index in [1.165, 1.54) is 0 Å². The van der Waals surface area contributed by atoms with Crippen LogP contribution in [0.3, 0.4) is 0 Å². The number of nitrogens with one attached hydrogen (secondary N) is 1. The average molecular weight is 406 g/mol. The highest BCUT2D eigenvalue weighted by molar-refractivity contribution is 5.65. The lowest BCUT2D eigenvalue weighted by Crippen LogP contribution is -2.16. The van der Waals surface area contributed by atoms with Crippen molar-refractivity contribution in [2.75, 3.05) is 20.2 Å². The average Bonchev–Trinajstić information content (AvgIpc) is 3.23. The van der Waals surface area contributed by atoms with Crippen LogP contribution in [0.15, 0.2) is 40.9 Å². The standard InChI is InChI=1S/C23H26N4O3/c1-5-16-13-19(28-11-10-25-4)7-8-20(16)22-26-23(30-27-22)17-6-9-21(29-15(2)3)18(12-17)14-24/h6-9,12-13,15,25H,5,10-11H2,1-4H3. The summed E-state index contributed by atoms with van der Waals surface area (Å²) in [5, 5.41) is 16.7. The molecule has 0 spiro atoms. The maximum atomic E-state index is 9.45. The zero-order chi connectivity index (χ0) is 21.5. The number of likely N-dealkylation sites (N-methyl/N-ethyl adjacent to an activating group) is 1. The van der Waals surface area contributed by atoms with Crippen LogP contribution in [-0.2, 0) is 6.42 Å². The van der Waals surface area contributed by atoms with E-state index < -0.39 is 0 Å². The van der Waals surface area contributed by atoms with E-state index in [-0.39, 0.29) is 6.10 Å². The number of hydrogen-bond donors (Lipinski definition) is 1. The summed E-state index contributed by atoms with van der Waals surface area (Å²) in [4.78, 5) is 4.55. The minimum atomic E-state index is -0.0180. The quantitative estimate of drug-likeness (QED) is 0.532. The molecule has 30 heavy (non-hydrogen) atoms. The lowest BCUT2D eigenvalue weighted by atomic mass is 10.0. The third-order valence-corrected chi connectivity index (χ3v) is 4.45. The molecule has 2 aromatic carbocycles. The molecule has 0 aliphatic heterocycles. The van der Waals surface area contributed by atoms with Crippen molar-refractivity contribution in [3.05, 3.63) is 47.5 Å². The van der Waals surface area contributed by atoms with Crippen molar-refractivity contribution in [2.24, 2.45) is 0 Å². The zero-order valence-electron chi connectivity index (χ0n) is 17.7. The summed E-state index contributed by atoms with van der Waals surface area (Å²) in [6.07, 6.45) is 0.790. The summed E-state index contributed by atoms with van der Waals surface area (Å²) in [7, 11) is 1.89. The monoisotopic (exact) mass is 406 g/mol. The van der Waals surface area contributed by atoms with Gasteiger partial charge in [-0.15, -0.1) is 0 Å². The molecule has 1 aromatic heterocycles. The molecule has 0 unspecified atom stereocenters. The normalized spacial score (nSPS) is 10.8. The minimum Gasteiger partial charge on any atom is -0.492 e. The fourth-order valence-electron chi connectivity index (χ4n) is 3.00. The van der Waals surface area contributed by atoms with Crippen molar-refractivity contribution in [3.8, 4) is 40.4 Å². The van der Waals surface area contributed by atoms with Gasteiger partial charge in [0.2, 0.25) is 5.82 Å². The Morgan fingerprint density at radius 1 is 1.20 bits per heavy atom. The maximum Gasteiger partial charge on any atom is 0.258 e. The highest BCUT2D eigenvalue weighted by Gasteiger charge is 2.16. The van der Waals surface area contributed by atoms with E-state index in [1.54, 1.807) is 12.1 Å². The van der Waals surface area contributed by atoms with Gasteiger partial charge in [0.15, 0.2) is 0 Å². The lowest BCUT2D eigenvalue weighted by molar-refractivity contribution is 0.241. The van der Waals surface area contributed by atoms with E-state index in [9.17, 15) is 5.26 Å². The molecule has 1 heterocycles. The van der Waals surface area contributed by atoms with Gasteiger partial charge >= 0.3 is 0 Å². The van der Waals surface area contributed by atoms with Gasteiger partial charge in [0.05, 0.1) is 11.7 Å². The molecule has 0 aliphatic rings. The summed E-state index contributed by atoms with van der Waals surface area (Å²) in [5.41, 5.74) is 3.07. The van der Waals surface area contributed by atoms with Crippen LogP contribution in [-0.4, -0.2) is 36.4 Å². The van der Waals surface area contributed by atoms with Crippen molar-refractivity contribution in [2.45, 2.75) is 33.3 Å². The molecule has 7 heteroatoms. The first-order valence-corrected chi connectivity index (χ1v) is 10.0. The van der Waals surface area contributed by atoms with E-state index in [0.29, 0.717) is 35.2 Å². The Hall–Kier alpha value is -3.37. The molecule has 0 fully saturated rings. The Morgan fingerprint density at radius 3 is 2.73 bits per heavy atom. The Balaban J connectivity index is 1.87. The number of ether oxygens (including phenoxy) is 2. The highest BCUT2D eigenvalue weighted by atomic mass is 16.5. The van der Waals surface area contributed by atoms with Crippen molar-refractivity contribution in [3.63, 3.8) is 0 Å². The van der Waals surface area contributed by atoms with E-state index in [4.69, 9.17) is 14.0 Å². The van der Waals surface area contributed by atoms with Gasteiger partial charge in [0.1, 0.15) is 24.2 Å². The van der Waals surface area contributed by atoms with E-state index in [2.05, 4.69) is 28.5 Å². The summed E-state index contributed by atoms with van der Waals surface area (Å²) in [6, 6.07) is 13.3. The number of aryl methyl sites for hydroxylation is 1. The van der Waals surface area contributed by atoms with Crippen LogP contribution in [0.1, 0.15) is 31.9 Å². The summed E-state index contributed by atoms with van der Waals surface area (Å²) >= 11 is 0. The van der Waals surface area contributed by atoms with Crippen LogP contribution in [0.5, 0.6) is 11.5 Å². The highest BCUT2D eigenvalue weighted by Crippen LogP contribution is 2.30. The molecule has 0 saturated carbocycles. The van der Waals surface area contributed by atoms with Crippen LogP contribution in [0.2, 0.25) is 0 Å². The fourth-order valence-corrected chi connectivity index (χ4v) is 3.00. The van der Waals surface area contributed by atoms with Crippen LogP contribution in [0.25, 0.3) is 22.8 Å². The lowest BCUT2D eigenvalue weighted by Gasteiger charge is -2.11. The topological polar surface area (TPSA) is 93.2 Å². The van der Waals surface area contributed by atoms with Gasteiger partial charge in [0.25, 0.3) is 5.89 Å². The van der Waals surface area contributed by atoms with Gasteiger partial charge in [-0.3, -0.25) is 0 Å². The van der Waals surface area contributed by atoms with E-state index in [0.717, 1.165) is 29.8 Å². The van der Waals surface area contributed by atoms with Gasteiger partial charge in [-0.25, -0.2) is 0 Å². The third-order valence-electron chi connectivity index (χ3n) is 4.45. The van der Waals surface area contributed by atoms with Crippen molar-refractivity contribution in [1.82, 2.24) is 15.5 Å². The van der Waals surface area contributed by atoms with Crippen molar-refractivity contribution in [1.29, 1.82) is 5.26 Å². The molecule has 7 nitrogen and oxygen atoms in total. The van der Waals surface area contributed by atoms with Crippen LogP contribution >= 0.6 is 0 Å². The molecule has 1 N–H and O–H groups in total. The smallest absolute Gasteiger partial charge is 0.258 e. The van der Waals surface area contributed by atoms with Gasteiger partial charge < -0.3 is 19.3 Å². The summed E-state index contributed by atoms with van der Waals surface area (Å²) in [5.74, 6) is 2.21. The van der Waals surface area contributed by atoms with Crippen LogP contribution < -0.4 is 14.8 Å². The molecular formula is C23H26N4O3.